The van der Waals surface area contributed by atoms with Crippen LogP contribution in [0.4, 0.5) is 0 Å². The molecule has 6 nitrogen and oxygen atoms in total. The first-order chi connectivity index (χ1) is 14.8. The van der Waals surface area contributed by atoms with Gasteiger partial charge in [-0.05, 0) is 57.0 Å². The van der Waals surface area contributed by atoms with Crippen LogP contribution in [-0.4, -0.2) is 41.5 Å². The quantitative estimate of drug-likeness (QED) is 0.399. The summed E-state index contributed by atoms with van der Waals surface area (Å²) in [7, 11) is 1.54. The Balaban J connectivity index is 2.17. The Kier molecular flexibility index (Phi) is 6.68. The number of aliphatic hydroxyl groups is 1. The maximum atomic E-state index is 13.0. The van der Waals surface area contributed by atoms with Gasteiger partial charge in [-0.3, -0.25) is 9.59 Å². The van der Waals surface area contributed by atoms with E-state index in [0.717, 1.165) is 5.56 Å². The second kappa shape index (κ2) is 9.25. The summed E-state index contributed by atoms with van der Waals surface area (Å²) in [6.07, 6.45) is 0.696. The van der Waals surface area contributed by atoms with Crippen LogP contribution in [0.2, 0.25) is 0 Å². The van der Waals surface area contributed by atoms with Crippen molar-refractivity contribution in [3.05, 3.63) is 64.7 Å². The van der Waals surface area contributed by atoms with Crippen molar-refractivity contribution in [1.29, 1.82) is 0 Å². The normalized spacial score (nSPS) is 18.0. The average Bonchev–Trinajstić information content (AvgIpc) is 2.99. The van der Waals surface area contributed by atoms with Gasteiger partial charge in [0.05, 0.1) is 24.8 Å². The van der Waals surface area contributed by atoms with Gasteiger partial charge in [0.25, 0.3) is 11.7 Å². The number of para-hydroxylation sites is 1. The Bertz CT molecular complexity index is 1020. The Morgan fingerprint density at radius 1 is 1.13 bits per heavy atom. The van der Waals surface area contributed by atoms with Crippen molar-refractivity contribution in [3.8, 4) is 11.5 Å². The number of hydrogen-bond donors (Lipinski definition) is 1. The molecule has 0 aliphatic carbocycles. The van der Waals surface area contributed by atoms with E-state index in [0.29, 0.717) is 35.6 Å². The molecule has 0 spiro atoms. The molecule has 0 aromatic heterocycles. The highest BCUT2D eigenvalue weighted by atomic mass is 16.5. The number of methoxy groups -OCH3 is 1. The summed E-state index contributed by atoms with van der Waals surface area (Å²) in [5, 5.41) is 11.2. The Morgan fingerprint density at radius 3 is 2.45 bits per heavy atom. The van der Waals surface area contributed by atoms with Crippen LogP contribution in [0.15, 0.2) is 48.0 Å². The van der Waals surface area contributed by atoms with Gasteiger partial charge < -0.3 is 19.5 Å². The lowest BCUT2D eigenvalue weighted by Crippen LogP contribution is -2.30. The highest BCUT2D eigenvalue weighted by molar-refractivity contribution is 6.46. The lowest BCUT2D eigenvalue weighted by atomic mass is 9.94. The van der Waals surface area contributed by atoms with Gasteiger partial charge in [0.15, 0.2) is 0 Å². The summed E-state index contributed by atoms with van der Waals surface area (Å²) < 4.78 is 11.3. The smallest absolute Gasteiger partial charge is 0.295 e. The van der Waals surface area contributed by atoms with Gasteiger partial charge in [-0.2, -0.15) is 0 Å². The maximum absolute atomic E-state index is 13.0. The number of rotatable bonds is 7. The maximum Gasteiger partial charge on any atom is 0.295 e. The van der Waals surface area contributed by atoms with Gasteiger partial charge in [0.1, 0.15) is 17.3 Å². The molecule has 2 aromatic carbocycles. The van der Waals surface area contributed by atoms with Crippen molar-refractivity contribution in [3.63, 3.8) is 0 Å². The van der Waals surface area contributed by atoms with Crippen LogP contribution >= 0.6 is 0 Å². The number of ether oxygens (including phenoxy) is 2. The molecule has 1 atom stereocenters. The average molecular weight is 424 g/mol. The lowest BCUT2D eigenvalue weighted by molar-refractivity contribution is -0.139. The summed E-state index contributed by atoms with van der Waals surface area (Å²) in [6, 6.07) is 11.8. The molecule has 0 bridgehead atoms. The molecule has 6 heteroatoms. The van der Waals surface area contributed by atoms with E-state index in [9.17, 15) is 14.7 Å². The van der Waals surface area contributed by atoms with Crippen molar-refractivity contribution in [2.45, 2.75) is 46.3 Å². The first kappa shape index (κ1) is 22.4. The number of carbonyl (C=O) groups is 2. The molecular weight excluding hydrogens is 394 g/mol. The number of nitrogens with zero attached hydrogens (tertiary/aromatic N) is 1. The van der Waals surface area contributed by atoms with Gasteiger partial charge >= 0.3 is 0 Å². The number of aliphatic hydroxyl groups excluding tert-OH is 1. The van der Waals surface area contributed by atoms with Crippen LogP contribution in [-0.2, 0) is 9.59 Å². The van der Waals surface area contributed by atoms with E-state index in [1.807, 2.05) is 45.9 Å². The van der Waals surface area contributed by atoms with Gasteiger partial charge in [0, 0.05) is 17.7 Å². The van der Waals surface area contributed by atoms with Crippen molar-refractivity contribution in [2.75, 3.05) is 13.7 Å². The molecule has 164 valence electrons. The van der Waals surface area contributed by atoms with Crippen molar-refractivity contribution in [2.24, 2.45) is 0 Å². The van der Waals surface area contributed by atoms with Crippen LogP contribution < -0.4 is 9.47 Å². The van der Waals surface area contributed by atoms with E-state index in [4.69, 9.17) is 9.47 Å². The number of hydrogen-bond acceptors (Lipinski definition) is 5. The summed E-state index contributed by atoms with van der Waals surface area (Å²) >= 11 is 0. The molecule has 1 saturated heterocycles. The molecule has 1 unspecified atom stereocenters. The summed E-state index contributed by atoms with van der Waals surface area (Å²) in [4.78, 5) is 27.4. The van der Waals surface area contributed by atoms with Crippen molar-refractivity contribution >= 4 is 17.4 Å². The number of aryl methyl sites for hydroxylation is 1. The predicted octanol–water partition coefficient (Wildman–Crippen LogP) is 4.62. The van der Waals surface area contributed by atoms with E-state index in [1.165, 1.54) is 4.90 Å². The van der Waals surface area contributed by atoms with E-state index >= 15 is 0 Å². The Hall–Kier alpha value is -3.28. The van der Waals surface area contributed by atoms with Gasteiger partial charge in [-0.15, -0.1) is 0 Å². The first-order valence-corrected chi connectivity index (χ1v) is 10.5. The van der Waals surface area contributed by atoms with Crippen LogP contribution in [0.1, 0.15) is 49.9 Å². The molecule has 1 amide bonds. The third-order valence-corrected chi connectivity index (χ3v) is 5.25. The standard InChI is InChI=1S/C25H29NO5/c1-6-13-26-22(18-9-7-8-10-20(18)30-5)21(24(28)25(26)29)23(27)17-11-12-19(16(4)14-17)31-15(2)3/h7-12,14-15,22,27H,6,13H2,1-5H3/b23-21+. The Labute approximate surface area is 183 Å². The number of benzene rings is 2. The molecule has 0 radical (unpaired) electrons. The fraction of sp³-hybridized carbons (Fsp3) is 0.360. The van der Waals surface area contributed by atoms with Gasteiger partial charge in [0.2, 0.25) is 0 Å². The zero-order valence-corrected chi connectivity index (χ0v) is 18.6. The van der Waals surface area contributed by atoms with E-state index < -0.39 is 17.7 Å². The van der Waals surface area contributed by atoms with Crippen molar-refractivity contribution < 1.29 is 24.2 Å². The molecule has 1 aliphatic heterocycles. The monoisotopic (exact) mass is 423 g/mol. The topological polar surface area (TPSA) is 76.1 Å². The molecule has 3 rings (SSSR count). The zero-order chi connectivity index (χ0) is 22.7. The summed E-state index contributed by atoms with van der Waals surface area (Å²) in [5.41, 5.74) is 2.02. The van der Waals surface area contributed by atoms with E-state index in [2.05, 4.69) is 0 Å². The number of likely N-dealkylation sites (tertiary alicyclic amines) is 1. The fourth-order valence-corrected chi connectivity index (χ4v) is 3.91. The Morgan fingerprint density at radius 2 is 1.84 bits per heavy atom. The molecule has 31 heavy (non-hydrogen) atoms. The predicted molar refractivity (Wildman–Crippen MR) is 119 cm³/mol. The fourth-order valence-electron chi connectivity index (χ4n) is 3.91. The van der Waals surface area contributed by atoms with Gasteiger partial charge in [-0.1, -0.05) is 25.1 Å². The molecule has 0 saturated carbocycles. The SMILES string of the molecule is CCCN1C(=O)C(=O)/C(=C(/O)c2ccc(OC(C)C)c(C)c2)C1c1ccccc1OC. The molecule has 2 aromatic rings. The van der Waals surface area contributed by atoms with Gasteiger partial charge in [-0.25, -0.2) is 0 Å². The summed E-state index contributed by atoms with van der Waals surface area (Å²) in [6.45, 7) is 8.09. The highest BCUT2D eigenvalue weighted by Gasteiger charge is 2.46. The molecule has 1 aliphatic rings. The zero-order valence-electron chi connectivity index (χ0n) is 18.6. The third-order valence-electron chi connectivity index (χ3n) is 5.25. The second-order valence-corrected chi connectivity index (χ2v) is 7.88. The van der Waals surface area contributed by atoms with Crippen LogP contribution in [0.3, 0.4) is 0 Å². The number of Topliss-reactive ketones (excluding diaryl/α,β-unsaturated/α-hetero) is 1. The largest absolute Gasteiger partial charge is 0.507 e. The summed E-state index contributed by atoms with van der Waals surface area (Å²) in [5.74, 6) is -0.248. The number of amides is 1. The minimum absolute atomic E-state index is 0.0167. The minimum atomic E-state index is -0.719. The van der Waals surface area contributed by atoms with E-state index in [1.54, 1.807) is 31.4 Å². The molecular formula is C25H29NO5. The van der Waals surface area contributed by atoms with Crippen LogP contribution in [0, 0.1) is 6.92 Å². The second-order valence-electron chi connectivity index (χ2n) is 7.88. The molecule has 1 heterocycles. The van der Waals surface area contributed by atoms with E-state index in [-0.39, 0.29) is 17.4 Å². The third kappa shape index (κ3) is 4.29. The minimum Gasteiger partial charge on any atom is -0.507 e. The number of ketones is 1. The van der Waals surface area contributed by atoms with Crippen molar-refractivity contribution in [1.82, 2.24) is 4.90 Å². The van der Waals surface area contributed by atoms with Crippen LogP contribution in [0.25, 0.3) is 5.76 Å². The molecule has 1 fully saturated rings. The molecule has 1 N–H and O–H groups in total. The number of carbonyl (C=O) groups excluding carboxylic acids is 2. The highest BCUT2D eigenvalue weighted by Crippen LogP contribution is 2.42. The first-order valence-electron chi connectivity index (χ1n) is 10.5. The lowest BCUT2D eigenvalue weighted by Gasteiger charge is -2.26. The van der Waals surface area contributed by atoms with Crippen LogP contribution in [0.5, 0.6) is 11.5 Å².